The lowest BCUT2D eigenvalue weighted by Crippen LogP contribution is -2.35. The summed E-state index contributed by atoms with van der Waals surface area (Å²) in [6.45, 7) is 3.00. The summed E-state index contributed by atoms with van der Waals surface area (Å²) in [7, 11) is -3.46. The van der Waals surface area contributed by atoms with E-state index >= 15 is 0 Å². The lowest BCUT2D eigenvalue weighted by molar-refractivity contribution is 0.391. The Morgan fingerprint density at radius 3 is 2.58 bits per heavy atom. The third-order valence-corrected chi connectivity index (χ3v) is 6.68. The van der Waals surface area contributed by atoms with Gasteiger partial charge in [0.05, 0.1) is 4.90 Å². The first-order valence-electron chi connectivity index (χ1n) is 8.27. The topological polar surface area (TPSA) is 53.2 Å². The number of sulfonamides is 1. The van der Waals surface area contributed by atoms with E-state index in [1.54, 1.807) is 16.4 Å². The lowest BCUT2D eigenvalue weighted by atomic mass is 10.1. The Balaban J connectivity index is 1.70. The Labute approximate surface area is 142 Å². The van der Waals surface area contributed by atoms with Crippen LogP contribution in [0.4, 0.5) is 0 Å². The van der Waals surface area contributed by atoms with E-state index in [-0.39, 0.29) is 0 Å². The number of fused-ring (bicyclic) bond motifs is 3. The van der Waals surface area contributed by atoms with Crippen LogP contribution in [0.5, 0.6) is 0 Å². The van der Waals surface area contributed by atoms with Crippen molar-refractivity contribution in [3.05, 3.63) is 65.4 Å². The Hall–Kier alpha value is -2.11. The average Bonchev–Trinajstić information content (AvgIpc) is 2.99. The van der Waals surface area contributed by atoms with Crippen molar-refractivity contribution in [3.8, 4) is 0 Å². The fourth-order valence-corrected chi connectivity index (χ4v) is 4.80. The van der Waals surface area contributed by atoms with Crippen LogP contribution in [0, 0.1) is 0 Å². The third-order valence-electron chi connectivity index (χ3n) is 4.82. The van der Waals surface area contributed by atoms with Gasteiger partial charge in [-0.2, -0.15) is 4.31 Å². The van der Waals surface area contributed by atoms with Crippen molar-refractivity contribution >= 4 is 20.9 Å². The second-order valence-electron chi connectivity index (χ2n) is 6.21. The van der Waals surface area contributed by atoms with E-state index in [0.29, 0.717) is 18.0 Å². The number of nitrogens with one attached hydrogen (secondary N) is 1. The minimum atomic E-state index is -3.46. The fourth-order valence-electron chi connectivity index (χ4n) is 3.39. The molecule has 0 saturated carbocycles. The second-order valence-corrected chi connectivity index (χ2v) is 8.15. The number of hydrogen-bond donors (Lipinski definition) is 1. The van der Waals surface area contributed by atoms with Crippen LogP contribution in [0.3, 0.4) is 0 Å². The number of rotatable bonds is 3. The minimum Gasteiger partial charge on any atom is -0.358 e. The molecule has 2 heterocycles. The van der Waals surface area contributed by atoms with Crippen molar-refractivity contribution in [3.63, 3.8) is 0 Å². The highest BCUT2D eigenvalue weighted by atomic mass is 32.2. The van der Waals surface area contributed by atoms with E-state index in [1.165, 1.54) is 0 Å². The van der Waals surface area contributed by atoms with Gasteiger partial charge in [0.25, 0.3) is 0 Å². The number of H-pyrrole nitrogens is 1. The Morgan fingerprint density at radius 1 is 1.08 bits per heavy atom. The van der Waals surface area contributed by atoms with Crippen molar-refractivity contribution in [2.75, 3.05) is 6.54 Å². The monoisotopic (exact) mass is 340 g/mol. The fraction of sp³-hybridized carbons (Fsp3) is 0.263. The van der Waals surface area contributed by atoms with Crippen LogP contribution in [0.1, 0.15) is 23.7 Å². The number of nitrogens with zero attached hydrogens (tertiary/aromatic N) is 1. The summed E-state index contributed by atoms with van der Waals surface area (Å²) in [4.78, 5) is 3.80. The molecule has 24 heavy (non-hydrogen) atoms. The second kappa shape index (κ2) is 5.76. The van der Waals surface area contributed by atoms with Crippen LogP contribution < -0.4 is 0 Å². The number of para-hydroxylation sites is 1. The van der Waals surface area contributed by atoms with Crippen LogP contribution >= 0.6 is 0 Å². The van der Waals surface area contributed by atoms with Gasteiger partial charge in [-0.15, -0.1) is 0 Å². The van der Waals surface area contributed by atoms with Gasteiger partial charge in [0.15, 0.2) is 0 Å². The molecule has 0 bridgehead atoms. The molecule has 0 spiro atoms. The maximum Gasteiger partial charge on any atom is 0.243 e. The van der Waals surface area contributed by atoms with Crippen LogP contribution in [0.25, 0.3) is 10.9 Å². The predicted octanol–water partition coefficient (Wildman–Crippen LogP) is 3.48. The first-order chi connectivity index (χ1) is 11.6. The first-order valence-corrected chi connectivity index (χ1v) is 9.71. The Bertz CT molecular complexity index is 988. The van der Waals surface area contributed by atoms with Crippen LogP contribution in [0.2, 0.25) is 0 Å². The molecule has 124 valence electrons. The largest absolute Gasteiger partial charge is 0.358 e. The number of hydrogen-bond acceptors (Lipinski definition) is 2. The minimum absolute atomic E-state index is 0.378. The molecular weight excluding hydrogens is 320 g/mol. The van der Waals surface area contributed by atoms with Gasteiger partial charge in [-0.05, 0) is 35.7 Å². The van der Waals surface area contributed by atoms with E-state index in [4.69, 9.17) is 0 Å². The summed E-state index contributed by atoms with van der Waals surface area (Å²) < 4.78 is 27.5. The summed E-state index contributed by atoms with van der Waals surface area (Å²) >= 11 is 0. The van der Waals surface area contributed by atoms with Gasteiger partial charge in [0, 0.05) is 36.1 Å². The molecule has 2 aromatic carbocycles. The maximum atomic E-state index is 13.0. The number of aromatic amines is 1. The molecule has 1 aliphatic heterocycles. The van der Waals surface area contributed by atoms with Gasteiger partial charge in [-0.25, -0.2) is 8.42 Å². The highest BCUT2D eigenvalue weighted by molar-refractivity contribution is 7.89. The van der Waals surface area contributed by atoms with Gasteiger partial charge in [-0.1, -0.05) is 37.3 Å². The third kappa shape index (κ3) is 2.44. The molecule has 0 unspecified atom stereocenters. The smallest absolute Gasteiger partial charge is 0.243 e. The van der Waals surface area contributed by atoms with Gasteiger partial charge in [0.1, 0.15) is 0 Å². The van der Waals surface area contributed by atoms with Gasteiger partial charge in [-0.3, -0.25) is 0 Å². The molecule has 0 atom stereocenters. The molecule has 0 amide bonds. The predicted molar refractivity (Wildman–Crippen MR) is 95.4 cm³/mol. The molecule has 0 radical (unpaired) electrons. The molecule has 3 aromatic rings. The van der Waals surface area contributed by atoms with E-state index < -0.39 is 10.0 Å². The summed E-state index contributed by atoms with van der Waals surface area (Å²) in [5.41, 5.74) is 4.48. The molecule has 4 rings (SSSR count). The molecule has 1 aliphatic rings. The van der Waals surface area contributed by atoms with Crippen molar-refractivity contribution in [2.24, 2.45) is 0 Å². The van der Waals surface area contributed by atoms with E-state index in [1.807, 2.05) is 30.3 Å². The number of benzene rings is 2. The lowest BCUT2D eigenvalue weighted by Gasteiger charge is -2.26. The molecule has 1 N–H and O–H groups in total. The van der Waals surface area contributed by atoms with Crippen LogP contribution in [-0.2, 0) is 29.4 Å². The zero-order valence-corrected chi connectivity index (χ0v) is 14.4. The molecule has 0 fully saturated rings. The van der Waals surface area contributed by atoms with E-state index in [9.17, 15) is 8.42 Å². The SMILES string of the molecule is CCc1ccc(S(=O)(=O)N2CCc3[nH]c4ccccc4c3C2)cc1. The zero-order chi connectivity index (χ0) is 16.7. The standard InChI is InChI=1S/C19H20N2O2S/c1-2-14-7-9-15(10-8-14)24(22,23)21-12-11-19-17(13-21)16-5-3-4-6-18(16)20-19/h3-10,20H,2,11-13H2,1H3. The van der Waals surface area contributed by atoms with Crippen LogP contribution in [0.15, 0.2) is 53.4 Å². The summed E-state index contributed by atoms with van der Waals surface area (Å²) in [6.07, 6.45) is 1.62. The highest BCUT2D eigenvalue weighted by Crippen LogP contribution is 2.30. The Kier molecular flexibility index (Phi) is 3.70. The van der Waals surface area contributed by atoms with Crippen molar-refractivity contribution in [1.82, 2.24) is 9.29 Å². The van der Waals surface area contributed by atoms with Crippen LogP contribution in [-0.4, -0.2) is 24.3 Å². The summed E-state index contributed by atoms with van der Waals surface area (Å²) in [5.74, 6) is 0. The quantitative estimate of drug-likeness (QED) is 0.794. The number of aryl methyl sites for hydroxylation is 1. The first kappa shape index (κ1) is 15.4. The molecule has 0 aliphatic carbocycles. The van der Waals surface area contributed by atoms with Crippen molar-refractivity contribution in [2.45, 2.75) is 31.2 Å². The van der Waals surface area contributed by atoms with E-state index in [2.05, 4.69) is 18.0 Å². The number of aromatic nitrogens is 1. The molecule has 4 nitrogen and oxygen atoms in total. The summed E-state index contributed by atoms with van der Waals surface area (Å²) in [6, 6.07) is 15.3. The van der Waals surface area contributed by atoms with Gasteiger partial charge in [0.2, 0.25) is 10.0 Å². The van der Waals surface area contributed by atoms with Crippen molar-refractivity contribution in [1.29, 1.82) is 0 Å². The maximum absolute atomic E-state index is 13.0. The van der Waals surface area contributed by atoms with E-state index in [0.717, 1.165) is 40.6 Å². The summed E-state index contributed by atoms with van der Waals surface area (Å²) in [5, 5.41) is 1.12. The highest BCUT2D eigenvalue weighted by Gasteiger charge is 2.30. The molecule has 1 aromatic heterocycles. The normalized spacial score (nSPS) is 15.5. The van der Waals surface area contributed by atoms with Gasteiger partial charge >= 0.3 is 0 Å². The zero-order valence-electron chi connectivity index (χ0n) is 13.6. The molecule has 0 saturated heterocycles. The molecular formula is C19H20N2O2S. The average molecular weight is 340 g/mol. The van der Waals surface area contributed by atoms with Crippen molar-refractivity contribution < 1.29 is 8.42 Å². The Morgan fingerprint density at radius 2 is 1.83 bits per heavy atom. The van der Waals surface area contributed by atoms with Gasteiger partial charge < -0.3 is 4.98 Å². The molecule has 5 heteroatoms.